The van der Waals surface area contributed by atoms with Gasteiger partial charge in [-0.1, -0.05) is 12.1 Å². The van der Waals surface area contributed by atoms with Crippen LogP contribution < -0.4 is 5.73 Å². The molecule has 1 aromatic carbocycles. The molecule has 0 spiro atoms. The average Bonchev–Trinajstić information content (AvgIpc) is 2.28. The summed E-state index contributed by atoms with van der Waals surface area (Å²) in [5, 5.41) is 18.8. The Morgan fingerprint density at radius 1 is 1.44 bits per heavy atom. The van der Waals surface area contributed by atoms with E-state index in [0.717, 1.165) is 0 Å². The van der Waals surface area contributed by atoms with Gasteiger partial charge in [0.15, 0.2) is 0 Å². The SMILES string of the molecule is COC(=O)C(N)CC(O)c1ccc(O)cc1. The third-order valence-corrected chi connectivity index (χ3v) is 2.26. The molecule has 0 aliphatic rings. The fraction of sp³-hybridized carbons (Fsp3) is 0.364. The number of carbonyl (C=O) groups is 1. The maximum Gasteiger partial charge on any atom is 0.322 e. The van der Waals surface area contributed by atoms with Crippen molar-refractivity contribution >= 4 is 5.97 Å². The van der Waals surface area contributed by atoms with Gasteiger partial charge in [0.2, 0.25) is 0 Å². The molecule has 0 bridgehead atoms. The van der Waals surface area contributed by atoms with Gasteiger partial charge < -0.3 is 20.7 Å². The molecule has 0 aliphatic carbocycles. The molecule has 5 nitrogen and oxygen atoms in total. The van der Waals surface area contributed by atoms with Gasteiger partial charge in [0.05, 0.1) is 13.2 Å². The molecule has 0 aliphatic heterocycles. The normalized spacial score (nSPS) is 14.2. The number of hydrogen-bond donors (Lipinski definition) is 3. The van der Waals surface area contributed by atoms with Crippen LogP contribution in [-0.2, 0) is 9.53 Å². The Hall–Kier alpha value is -1.59. The monoisotopic (exact) mass is 225 g/mol. The summed E-state index contributed by atoms with van der Waals surface area (Å²) in [5.41, 5.74) is 6.11. The van der Waals surface area contributed by atoms with Crippen molar-refractivity contribution in [3.8, 4) is 5.75 Å². The number of benzene rings is 1. The van der Waals surface area contributed by atoms with Crippen molar-refractivity contribution in [2.75, 3.05) is 7.11 Å². The van der Waals surface area contributed by atoms with Crippen LogP contribution in [0.15, 0.2) is 24.3 Å². The van der Waals surface area contributed by atoms with Crippen LogP contribution >= 0.6 is 0 Å². The highest BCUT2D eigenvalue weighted by Crippen LogP contribution is 2.20. The number of nitrogens with two attached hydrogens (primary N) is 1. The molecule has 0 fully saturated rings. The summed E-state index contributed by atoms with van der Waals surface area (Å²) >= 11 is 0. The molecule has 0 heterocycles. The Labute approximate surface area is 93.5 Å². The summed E-state index contributed by atoms with van der Waals surface area (Å²) in [5.74, 6) is -0.439. The number of carbonyl (C=O) groups excluding carboxylic acids is 1. The second-order valence-corrected chi connectivity index (χ2v) is 3.47. The first-order chi connectivity index (χ1) is 7.54. The van der Waals surface area contributed by atoms with Gasteiger partial charge in [0.25, 0.3) is 0 Å². The Bertz CT molecular complexity index is 350. The summed E-state index contributed by atoms with van der Waals surface area (Å²) in [7, 11) is 1.25. The van der Waals surface area contributed by atoms with Gasteiger partial charge in [-0.05, 0) is 17.7 Å². The van der Waals surface area contributed by atoms with Crippen molar-refractivity contribution in [2.45, 2.75) is 18.6 Å². The number of rotatable bonds is 4. The Morgan fingerprint density at radius 2 is 2.00 bits per heavy atom. The molecule has 5 heteroatoms. The van der Waals surface area contributed by atoms with Crippen LogP contribution in [0.1, 0.15) is 18.1 Å². The fourth-order valence-corrected chi connectivity index (χ4v) is 1.32. The number of ether oxygens (including phenoxy) is 1. The largest absolute Gasteiger partial charge is 0.508 e. The van der Waals surface area contributed by atoms with E-state index in [-0.39, 0.29) is 12.2 Å². The lowest BCUT2D eigenvalue weighted by Gasteiger charge is -2.14. The van der Waals surface area contributed by atoms with E-state index in [0.29, 0.717) is 5.56 Å². The lowest BCUT2D eigenvalue weighted by Crippen LogP contribution is -2.33. The summed E-state index contributed by atoms with van der Waals surface area (Å²) in [6.45, 7) is 0. The predicted octanol–water partition coefficient (Wildman–Crippen LogP) is 0.316. The van der Waals surface area contributed by atoms with Gasteiger partial charge in [-0.15, -0.1) is 0 Å². The Morgan fingerprint density at radius 3 is 2.50 bits per heavy atom. The van der Waals surface area contributed by atoms with Crippen molar-refractivity contribution in [2.24, 2.45) is 5.73 Å². The van der Waals surface area contributed by atoms with Crippen molar-refractivity contribution in [1.29, 1.82) is 0 Å². The molecule has 4 N–H and O–H groups in total. The zero-order valence-electron chi connectivity index (χ0n) is 8.96. The third kappa shape index (κ3) is 3.22. The molecule has 1 rings (SSSR count). The quantitative estimate of drug-likeness (QED) is 0.641. The van der Waals surface area contributed by atoms with Crippen LogP contribution in [-0.4, -0.2) is 29.3 Å². The Balaban J connectivity index is 2.61. The molecule has 0 aromatic heterocycles. The van der Waals surface area contributed by atoms with Crippen LogP contribution in [0.3, 0.4) is 0 Å². The third-order valence-electron chi connectivity index (χ3n) is 2.26. The van der Waals surface area contributed by atoms with Gasteiger partial charge in [0, 0.05) is 6.42 Å². The lowest BCUT2D eigenvalue weighted by atomic mass is 10.0. The van der Waals surface area contributed by atoms with Crippen LogP contribution in [0, 0.1) is 0 Å². The molecule has 2 unspecified atom stereocenters. The van der Waals surface area contributed by atoms with E-state index >= 15 is 0 Å². The summed E-state index contributed by atoms with van der Waals surface area (Å²) in [6, 6.07) is 5.21. The number of aliphatic hydroxyl groups excluding tert-OH is 1. The molecule has 88 valence electrons. The number of methoxy groups -OCH3 is 1. The van der Waals surface area contributed by atoms with Gasteiger partial charge in [-0.2, -0.15) is 0 Å². The smallest absolute Gasteiger partial charge is 0.322 e. The molecule has 16 heavy (non-hydrogen) atoms. The molecule has 2 atom stereocenters. The molecular formula is C11H15NO4. The standard InChI is InChI=1S/C11H15NO4/c1-16-11(15)9(12)6-10(14)7-2-4-8(13)5-3-7/h2-5,9-10,13-14H,6,12H2,1H3. The maximum absolute atomic E-state index is 11.0. The first-order valence-corrected chi connectivity index (χ1v) is 4.85. The van der Waals surface area contributed by atoms with E-state index in [1.54, 1.807) is 12.1 Å². The zero-order valence-corrected chi connectivity index (χ0v) is 8.96. The number of aromatic hydroxyl groups is 1. The molecule has 0 radical (unpaired) electrons. The van der Waals surface area contributed by atoms with E-state index in [9.17, 15) is 9.90 Å². The zero-order chi connectivity index (χ0) is 12.1. The van der Waals surface area contributed by atoms with Crippen molar-refractivity contribution in [3.05, 3.63) is 29.8 Å². The molecule has 0 saturated carbocycles. The number of esters is 1. The molecule has 0 saturated heterocycles. The van der Waals surface area contributed by atoms with Crippen LogP contribution in [0.4, 0.5) is 0 Å². The minimum absolute atomic E-state index is 0.0808. The van der Waals surface area contributed by atoms with Crippen LogP contribution in [0.5, 0.6) is 5.75 Å². The van der Waals surface area contributed by atoms with Gasteiger partial charge in [0.1, 0.15) is 11.8 Å². The van der Waals surface area contributed by atoms with Gasteiger partial charge in [-0.25, -0.2) is 0 Å². The highest BCUT2D eigenvalue weighted by molar-refractivity contribution is 5.75. The molecule has 1 aromatic rings. The van der Waals surface area contributed by atoms with Crippen LogP contribution in [0.25, 0.3) is 0 Å². The van der Waals surface area contributed by atoms with E-state index in [1.165, 1.54) is 19.2 Å². The van der Waals surface area contributed by atoms with E-state index in [4.69, 9.17) is 10.8 Å². The highest BCUT2D eigenvalue weighted by atomic mass is 16.5. The number of hydrogen-bond acceptors (Lipinski definition) is 5. The van der Waals surface area contributed by atoms with Gasteiger partial charge in [-0.3, -0.25) is 4.79 Å². The van der Waals surface area contributed by atoms with Gasteiger partial charge >= 0.3 is 5.97 Å². The van der Waals surface area contributed by atoms with Crippen molar-refractivity contribution in [1.82, 2.24) is 0 Å². The summed E-state index contributed by atoms with van der Waals surface area (Å²) < 4.78 is 4.45. The van der Waals surface area contributed by atoms with Crippen molar-refractivity contribution in [3.63, 3.8) is 0 Å². The number of phenolic OH excluding ortho intramolecular Hbond substituents is 1. The number of aliphatic hydroxyl groups is 1. The fourth-order valence-electron chi connectivity index (χ4n) is 1.32. The van der Waals surface area contributed by atoms with E-state index in [2.05, 4.69) is 4.74 Å². The first-order valence-electron chi connectivity index (χ1n) is 4.85. The minimum atomic E-state index is -0.853. The summed E-state index contributed by atoms with van der Waals surface area (Å²) in [4.78, 5) is 11.0. The molecular weight excluding hydrogens is 210 g/mol. The predicted molar refractivity (Wildman–Crippen MR) is 57.7 cm³/mol. The van der Waals surface area contributed by atoms with Crippen LogP contribution in [0.2, 0.25) is 0 Å². The number of phenols is 1. The Kier molecular flexibility index (Phi) is 4.28. The van der Waals surface area contributed by atoms with E-state index in [1.807, 2.05) is 0 Å². The van der Waals surface area contributed by atoms with E-state index < -0.39 is 18.1 Å². The first kappa shape index (κ1) is 12.5. The lowest BCUT2D eigenvalue weighted by molar-refractivity contribution is -0.142. The maximum atomic E-state index is 11.0. The topological polar surface area (TPSA) is 92.8 Å². The summed E-state index contributed by atoms with van der Waals surface area (Å²) in [6.07, 6.45) is -0.771. The van der Waals surface area contributed by atoms with Crippen molar-refractivity contribution < 1.29 is 19.7 Å². The minimum Gasteiger partial charge on any atom is -0.508 e. The molecule has 0 amide bonds. The highest BCUT2D eigenvalue weighted by Gasteiger charge is 2.19. The second-order valence-electron chi connectivity index (χ2n) is 3.47. The second kappa shape index (κ2) is 5.48. The average molecular weight is 225 g/mol.